The molecule has 1 amide bonds. The summed E-state index contributed by atoms with van der Waals surface area (Å²) in [6.45, 7) is 2.90. The second-order valence-corrected chi connectivity index (χ2v) is 13.2. The molecule has 0 bridgehead atoms. The number of halogens is 4. The lowest BCUT2D eigenvalue weighted by molar-refractivity contribution is -0.139. The molecule has 276 valence electrons. The Bertz CT molecular complexity index is 1930. The van der Waals surface area contributed by atoms with Gasteiger partial charge in [0, 0.05) is 67.1 Å². The van der Waals surface area contributed by atoms with E-state index < -0.39 is 29.8 Å². The second-order valence-electron chi connectivity index (χ2n) is 12.8. The van der Waals surface area contributed by atoms with Crippen LogP contribution in [0, 0.1) is 0 Å². The zero-order chi connectivity index (χ0) is 37.0. The lowest BCUT2D eigenvalue weighted by Gasteiger charge is -2.21. The number of nitrogens with zero attached hydrogens (tertiary/aromatic N) is 3. The van der Waals surface area contributed by atoms with Crippen LogP contribution in [-0.4, -0.2) is 65.4 Å². The van der Waals surface area contributed by atoms with Crippen molar-refractivity contribution < 1.29 is 37.3 Å². The van der Waals surface area contributed by atoms with Crippen LogP contribution in [0.2, 0.25) is 5.02 Å². The number of rotatable bonds is 14. The predicted molar refractivity (Wildman–Crippen MR) is 188 cm³/mol. The average Bonchev–Trinajstić information content (AvgIpc) is 3.73. The molecule has 11 nitrogen and oxygen atoms in total. The smallest absolute Gasteiger partial charge is 0.421 e. The Morgan fingerprint density at radius 1 is 0.981 bits per heavy atom. The van der Waals surface area contributed by atoms with Crippen molar-refractivity contribution in [1.82, 2.24) is 30.9 Å². The van der Waals surface area contributed by atoms with Crippen molar-refractivity contribution in [2.75, 3.05) is 27.3 Å². The molecule has 1 saturated heterocycles. The Morgan fingerprint density at radius 3 is 2.46 bits per heavy atom. The molecule has 3 aromatic heterocycles. The first-order chi connectivity index (χ1) is 25.0. The molecule has 1 aliphatic heterocycles. The van der Waals surface area contributed by atoms with E-state index in [2.05, 4.69) is 25.9 Å². The van der Waals surface area contributed by atoms with Gasteiger partial charge in [-0.3, -0.25) is 9.78 Å². The number of amides is 1. The highest BCUT2D eigenvalue weighted by molar-refractivity contribution is 6.35. The van der Waals surface area contributed by atoms with Crippen LogP contribution in [0.5, 0.6) is 17.6 Å². The Labute approximate surface area is 304 Å². The first kappa shape index (κ1) is 37.3. The van der Waals surface area contributed by atoms with Gasteiger partial charge >= 0.3 is 6.18 Å². The van der Waals surface area contributed by atoms with E-state index in [4.69, 9.17) is 30.8 Å². The van der Waals surface area contributed by atoms with Crippen LogP contribution in [0.1, 0.15) is 60.1 Å². The van der Waals surface area contributed by atoms with Gasteiger partial charge in [0.15, 0.2) is 0 Å². The normalized spacial score (nSPS) is 17.5. The summed E-state index contributed by atoms with van der Waals surface area (Å²) in [6.07, 6.45) is -2.24. The van der Waals surface area contributed by atoms with Crippen molar-refractivity contribution in [1.29, 1.82) is 0 Å². The monoisotopic (exact) mass is 740 g/mol. The highest BCUT2D eigenvalue weighted by Crippen LogP contribution is 2.45. The van der Waals surface area contributed by atoms with E-state index in [1.165, 1.54) is 7.11 Å². The molecule has 1 fully saturated rings. The van der Waals surface area contributed by atoms with Crippen molar-refractivity contribution in [2.45, 2.75) is 70.1 Å². The topological polar surface area (TPSA) is 140 Å². The van der Waals surface area contributed by atoms with Crippen LogP contribution in [0.4, 0.5) is 13.2 Å². The van der Waals surface area contributed by atoms with Gasteiger partial charge in [0.25, 0.3) is 0 Å². The third kappa shape index (κ3) is 8.25. The maximum Gasteiger partial charge on any atom is 0.421 e. The SMILES string of the molecule is COc1nc(-c2ccnc(-c3cccc4c3CC[C@@H]4Oc3nc(OC)c(CNC[C@H](C)O)cc3C(F)(F)F)c2Cl)ccc1CNC[C@@H]1CCC(=O)N1. The number of benzene rings is 1. The van der Waals surface area contributed by atoms with E-state index in [1.807, 2.05) is 24.3 Å². The average molecular weight is 741 g/mol. The number of pyridine rings is 3. The molecule has 1 aromatic carbocycles. The van der Waals surface area contributed by atoms with Crippen molar-refractivity contribution in [2.24, 2.45) is 0 Å². The quantitative estimate of drug-likeness (QED) is 0.126. The second kappa shape index (κ2) is 16.0. The van der Waals surface area contributed by atoms with Crippen LogP contribution in [0.3, 0.4) is 0 Å². The van der Waals surface area contributed by atoms with Gasteiger partial charge in [-0.15, -0.1) is 0 Å². The lowest BCUT2D eigenvalue weighted by Crippen LogP contribution is -2.35. The summed E-state index contributed by atoms with van der Waals surface area (Å²) < 4.78 is 59.9. The zero-order valence-electron chi connectivity index (χ0n) is 28.9. The number of carbonyl (C=O) groups excluding carboxylic acids is 1. The number of nitrogens with one attached hydrogen (secondary N) is 3. The number of hydrogen-bond donors (Lipinski definition) is 4. The molecule has 52 heavy (non-hydrogen) atoms. The molecule has 4 aromatic rings. The lowest BCUT2D eigenvalue weighted by atomic mass is 9.98. The Hall–Kier alpha value is -4.50. The molecular weight excluding hydrogens is 701 g/mol. The Morgan fingerprint density at radius 2 is 1.75 bits per heavy atom. The molecule has 4 heterocycles. The highest BCUT2D eigenvalue weighted by Gasteiger charge is 2.39. The number of ether oxygens (including phenoxy) is 3. The summed E-state index contributed by atoms with van der Waals surface area (Å²) in [5.41, 5.74) is 4.05. The summed E-state index contributed by atoms with van der Waals surface area (Å²) >= 11 is 7.03. The van der Waals surface area contributed by atoms with Crippen molar-refractivity contribution in [3.63, 3.8) is 0 Å². The Kier molecular flexibility index (Phi) is 11.5. The number of methoxy groups -OCH3 is 2. The van der Waals surface area contributed by atoms with Gasteiger partial charge in [0.2, 0.25) is 23.5 Å². The number of aliphatic hydroxyl groups is 1. The molecule has 0 radical (unpaired) electrons. The minimum Gasteiger partial charge on any atom is -0.481 e. The third-order valence-electron chi connectivity index (χ3n) is 9.09. The summed E-state index contributed by atoms with van der Waals surface area (Å²) in [5, 5.41) is 19.1. The molecular formula is C37H40ClF3N6O5. The van der Waals surface area contributed by atoms with Crippen molar-refractivity contribution in [3.05, 3.63) is 81.5 Å². The fourth-order valence-electron chi connectivity index (χ4n) is 6.60. The number of carbonyl (C=O) groups is 1. The first-order valence-electron chi connectivity index (χ1n) is 17.0. The minimum atomic E-state index is -4.74. The van der Waals surface area contributed by atoms with E-state index in [-0.39, 0.29) is 36.5 Å². The summed E-state index contributed by atoms with van der Waals surface area (Å²) in [5.74, 6) is -0.0810. The number of alkyl halides is 3. The molecule has 6 rings (SSSR count). The maximum absolute atomic E-state index is 14.3. The minimum absolute atomic E-state index is 0.00513. The molecule has 0 spiro atoms. The molecule has 2 aliphatic rings. The van der Waals surface area contributed by atoms with Crippen molar-refractivity contribution in [3.8, 4) is 40.2 Å². The van der Waals surface area contributed by atoms with Crippen molar-refractivity contribution >= 4 is 17.5 Å². The van der Waals surface area contributed by atoms with Gasteiger partial charge in [0.1, 0.15) is 11.7 Å². The van der Waals surface area contributed by atoms with Crippen LogP contribution < -0.4 is 30.2 Å². The molecule has 0 saturated carbocycles. The molecule has 0 unspecified atom stereocenters. The highest BCUT2D eigenvalue weighted by atomic mass is 35.5. The zero-order valence-corrected chi connectivity index (χ0v) is 29.7. The van der Waals surface area contributed by atoms with Crippen LogP contribution in [0.15, 0.2) is 48.7 Å². The van der Waals surface area contributed by atoms with Gasteiger partial charge in [-0.2, -0.15) is 18.2 Å². The maximum atomic E-state index is 14.3. The Balaban J connectivity index is 1.25. The van der Waals surface area contributed by atoms with Crippen LogP contribution >= 0.6 is 11.6 Å². The summed E-state index contributed by atoms with van der Waals surface area (Å²) in [7, 11) is 2.88. The van der Waals surface area contributed by atoms with Gasteiger partial charge in [-0.05, 0) is 55.5 Å². The molecule has 1 aliphatic carbocycles. The van der Waals surface area contributed by atoms with Gasteiger partial charge in [-0.1, -0.05) is 35.9 Å². The summed E-state index contributed by atoms with van der Waals surface area (Å²) in [4.78, 5) is 25.0. The standard InChI is InChI=1S/C37H40ClF3N6O5/c1-20(48)16-42-18-22-15-28(37(39,40)41)36(47-35(22)51-3)52-30-11-9-24-25(30)5-4-6-26(24)33-32(38)27(13-14-44-33)29-10-7-21(34(46-29)50-2)17-43-19-23-8-12-31(49)45-23/h4-7,10,13-15,20,23,30,42-43,48H,8-9,11-12,16-19H2,1-3H3,(H,45,49)/t20-,23-,30-/m0/s1. The van der Waals surface area contributed by atoms with Crippen LogP contribution in [-0.2, 0) is 30.5 Å². The van der Waals surface area contributed by atoms with Gasteiger partial charge < -0.3 is 35.3 Å². The number of aliphatic hydroxyl groups excluding tert-OH is 1. The number of fused-ring (bicyclic) bond motifs is 1. The fraction of sp³-hybridized carbons (Fsp3) is 0.405. The van der Waals surface area contributed by atoms with E-state index in [9.17, 15) is 23.1 Å². The van der Waals surface area contributed by atoms with Crippen LogP contribution in [0.25, 0.3) is 22.5 Å². The first-order valence-corrected chi connectivity index (χ1v) is 17.4. The van der Waals surface area contributed by atoms with E-state index in [1.54, 1.807) is 32.4 Å². The molecule has 15 heteroatoms. The number of aromatic nitrogens is 3. The number of hydrogen-bond acceptors (Lipinski definition) is 10. The van der Waals surface area contributed by atoms with Gasteiger partial charge in [-0.25, -0.2) is 4.98 Å². The van der Waals surface area contributed by atoms with E-state index in [0.29, 0.717) is 65.8 Å². The fourth-order valence-corrected chi connectivity index (χ4v) is 6.91. The van der Waals surface area contributed by atoms with Gasteiger partial charge in [0.05, 0.1) is 36.7 Å². The van der Waals surface area contributed by atoms with E-state index >= 15 is 0 Å². The predicted octanol–water partition coefficient (Wildman–Crippen LogP) is 5.80. The third-order valence-corrected chi connectivity index (χ3v) is 9.48. The molecule has 4 N–H and O–H groups in total. The largest absolute Gasteiger partial charge is 0.481 e. The molecule has 3 atom stereocenters. The summed E-state index contributed by atoms with van der Waals surface area (Å²) in [6, 6.07) is 12.1. The van der Waals surface area contributed by atoms with E-state index in [0.717, 1.165) is 29.2 Å².